The molecular weight excluding hydrogens is 154 g/mol. The molecule has 1 aliphatic carbocycles. The number of carbonyl (C=O) groups is 1. The van der Waals surface area contributed by atoms with E-state index in [0.717, 1.165) is 19.4 Å². The summed E-state index contributed by atoms with van der Waals surface area (Å²) in [6.45, 7) is 5.12. The summed E-state index contributed by atoms with van der Waals surface area (Å²) in [7, 11) is 0. The van der Waals surface area contributed by atoms with Gasteiger partial charge in [-0.25, -0.2) is 0 Å². The lowest BCUT2D eigenvalue weighted by molar-refractivity contribution is -0.145. The summed E-state index contributed by atoms with van der Waals surface area (Å²) in [4.78, 5) is 13.2. The van der Waals surface area contributed by atoms with Gasteiger partial charge in [0.2, 0.25) is 0 Å². The normalized spacial score (nSPS) is 40.1. The Morgan fingerprint density at radius 2 is 2.33 bits per heavy atom. The van der Waals surface area contributed by atoms with Crippen molar-refractivity contribution in [2.45, 2.75) is 38.3 Å². The predicted octanol–water partition coefficient (Wildman–Crippen LogP) is 0.944. The summed E-state index contributed by atoms with van der Waals surface area (Å²) < 4.78 is 0. The Bertz CT molecular complexity index is 227. The van der Waals surface area contributed by atoms with Crippen LogP contribution in [0.25, 0.3) is 0 Å². The highest BCUT2D eigenvalue weighted by atomic mass is 16.4. The van der Waals surface area contributed by atoms with Gasteiger partial charge in [0.05, 0.1) is 0 Å². The van der Waals surface area contributed by atoms with Crippen molar-refractivity contribution in [3.63, 3.8) is 0 Å². The predicted molar refractivity (Wildman–Crippen MR) is 44.9 cm³/mol. The molecule has 2 unspecified atom stereocenters. The zero-order chi connectivity index (χ0) is 8.93. The van der Waals surface area contributed by atoms with Gasteiger partial charge in [-0.3, -0.25) is 9.69 Å². The number of fused-ring (bicyclic) bond motifs is 1. The average Bonchev–Trinajstić information content (AvgIpc) is 2.58. The number of hydrogen-bond acceptors (Lipinski definition) is 2. The number of likely N-dealkylation sites (tertiary alicyclic amines) is 1. The van der Waals surface area contributed by atoms with Crippen molar-refractivity contribution in [3.05, 3.63) is 0 Å². The number of hydrogen-bond donors (Lipinski definition) is 1. The van der Waals surface area contributed by atoms with Gasteiger partial charge in [0.25, 0.3) is 0 Å². The van der Waals surface area contributed by atoms with Gasteiger partial charge in [-0.05, 0) is 39.2 Å². The van der Waals surface area contributed by atoms with Gasteiger partial charge < -0.3 is 5.11 Å². The molecule has 2 atom stereocenters. The second kappa shape index (κ2) is 2.22. The van der Waals surface area contributed by atoms with Crippen LogP contribution < -0.4 is 0 Å². The van der Waals surface area contributed by atoms with E-state index in [-0.39, 0.29) is 0 Å². The molecule has 0 radical (unpaired) electrons. The molecule has 0 aromatic carbocycles. The maximum atomic E-state index is 11.0. The van der Waals surface area contributed by atoms with Crippen LogP contribution in [0.1, 0.15) is 26.7 Å². The van der Waals surface area contributed by atoms with E-state index in [9.17, 15) is 4.79 Å². The standard InChI is InChI=1S/C9H15NO2/c1-6(2)10-4-3-7-5-9(7,10)8(11)12/h6-7H,3-5H2,1-2H3,(H,11,12). The van der Waals surface area contributed by atoms with E-state index in [1.54, 1.807) is 0 Å². The van der Waals surface area contributed by atoms with Crippen molar-refractivity contribution in [3.8, 4) is 0 Å². The van der Waals surface area contributed by atoms with E-state index >= 15 is 0 Å². The summed E-state index contributed by atoms with van der Waals surface area (Å²) in [5, 5.41) is 9.09. The molecule has 1 heterocycles. The van der Waals surface area contributed by atoms with Crippen LogP contribution in [0.3, 0.4) is 0 Å². The minimum absolute atomic E-state index is 0.369. The van der Waals surface area contributed by atoms with E-state index in [2.05, 4.69) is 18.7 Å². The van der Waals surface area contributed by atoms with Crippen molar-refractivity contribution in [1.29, 1.82) is 0 Å². The molecule has 0 bridgehead atoms. The van der Waals surface area contributed by atoms with Crippen LogP contribution in [0.4, 0.5) is 0 Å². The second-order valence-electron chi connectivity index (χ2n) is 4.21. The summed E-state index contributed by atoms with van der Waals surface area (Å²) in [5.74, 6) is -0.170. The van der Waals surface area contributed by atoms with Crippen LogP contribution in [0.5, 0.6) is 0 Å². The molecule has 12 heavy (non-hydrogen) atoms. The molecule has 3 nitrogen and oxygen atoms in total. The maximum absolute atomic E-state index is 11.0. The van der Waals surface area contributed by atoms with E-state index in [1.807, 2.05) is 0 Å². The summed E-state index contributed by atoms with van der Waals surface area (Å²) in [5.41, 5.74) is -0.450. The molecule has 0 spiro atoms. The fraction of sp³-hybridized carbons (Fsp3) is 0.889. The Hall–Kier alpha value is -0.570. The van der Waals surface area contributed by atoms with Gasteiger partial charge in [-0.1, -0.05) is 0 Å². The van der Waals surface area contributed by atoms with Crippen molar-refractivity contribution in [2.24, 2.45) is 5.92 Å². The number of rotatable bonds is 2. The smallest absolute Gasteiger partial charge is 0.324 e. The molecule has 68 valence electrons. The van der Waals surface area contributed by atoms with E-state index in [1.165, 1.54) is 0 Å². The molecule has 1 N–H and O–H groups in total. The third kappa shape index (κ3) is 0.774. The first kappa shape index (κ1) is 8.05. The van der Waals surface area contributed by atoms with Gasteiger partial charge >= 0.3 is 5.97 Å². The largest absolute Gasteiger partial charge is 0.480 e. The monoisotopic (exact) mass is 169 g/mol. The Labute approximate surface area is 72.4 Å². The molecule has 3 heteroatoms. The number of aliphatic carboxylic acids is 1. The zero-order valence-corrected chi connectivity index (χ0v) is 7.58. The minimum Gasteiger partial charge on any atom is -0.480 e. The SMILES string of the molecule is CC(C)N1CCC2CC21C(=O)O. The lowest BCUT2D eigenvalue weighted by Crippen LogP contribution is -2.45. The lowest BCUT2D eigenvalue weighted by Gasteiger charge is -2.28. The third-order valence-electron chi connectivity index (χ3n) is 3.30. The third-order valence-corrected chi connectivity index (χ3v) is 3.30. The van der Waals surface area contributed by atoms with Gasteiger partial charge in [-0.15, -0.1) is 0 Å². The van der Waals surface area contributed by atoms with E-state index in [4.69, 9.17) is 5.11 Å². The van der Waals surface area contributed by atoms with Crippen molar-refractivity contribution < 1.29 is 9.90 Å². The zero-order valence-electron chi connectivity index (χ0n) is 7.58. The summed E-state index contributed by atoms with van der Waals surface area (Å²) in [6.07, 6.45) is 1.95. The summed E-state index contributed by atoms with van der Waals surface area (Å²) >= 11 is 0. The van der Waals surface area contributed by atoms with E-state index in [0.29, 0.717) is 12.0 Å². The second-order valence-corrected chi connectivity index (χ2v) is 4.21. The van der Waals surface area contributed by atoms with Crippen LogP contribution in [0, 0.1) is 5.92 Å². The lowest BCUT2D eigenvalue weighted by atomic mass is 10.2. The topological polar surface area (TPSA) is 40.5 Å². The first-order valence-electron chi connectivity index (χ1n) is 4.59. The maximum Gasteiger partial charge on any atom is 0.324 e. The van der Waals surface area contributed by atoms with Crippen LogP contribution in [0.15, 0.2) is 0 Å². The van der Waals surface area contributed by atoms with Crippen LogP contribution in [0.2, 0.25) is 0 Å². The Balaban J connectivity index is 2.21. The molecule has 0 amide bonds. The van der Waals surface area contributed by atoms with Crippen LogP contribution in [-0.4, -0.2) is 34.1 Å². The molecule has 0 aromatic heterocycles. The Kier molecular flexibility index (Phi) is 1.49. The molecule has 1 aliphatic heterocycles. The fourth-order valence-corrected chi connectivity index (χ4v) is 2.61. The molecule has 2 rings (SSSR count). The van der Waals surface area contributed by atoms with Crippen molar-refractivity contribution in [2.75, 3.05) is 6.54 Å². The van der Waals surface area contributed by atoms with Gasteiger partial charge in [0.1, 0.15) is 5.54 Å². The Morgan fingerprint density at radius 3 is 2.67 bits per heavy atom. The van der Waals surface area contributed by atoms with E-state index < -0.39 is 11.5 Å². The number of piperidine rings is 1. The minimum atomic E-state index is -0.612. The first-order chi connectivity index (χ1) is 5.59. The van der Waals surface area contributed by atoms with Crippen molar-refractivity contribution in [1.82, 2.24) is 4.90 Å². The molecular formula is C9H15NO2. The first-order valence-corrected chi connectivity index (χ1v) is 4.59. The molecule has 2 aliphatic rings. The van der Waals surface area contributed by atoms with Crippen molar-refractivity contribution >= 4 is 5.97 Å². The van der Waals surface area contributed by atoms with Gasteiger partial charge in [-0.2, -0.15) is 0 Å². The highest BCUT2D eigenvalue weighted by Crippen LogP contribution is 2.56. The van der Waals surface area contributed by atoms with Crippen LogP contribution >= 0.6 is 0 Å². The molecule has 0 aromatic rings. The molecule has 1 saturated heterocycles. The quantitative estimate of drug-likeness (QED) is 0.669. The number of carboxylic acid groups (broad SMARTS) is 1. The number of carboxylic acids is 1. The average molecular weight is 169 g/mol. The van der Waals surface area contributed by atoms with Gasteiger partial charge in [0.15, 0.2) is 0 Å². The number of nitrogens with zero attached hydrogens (tertiary/aromatic N) is 1. The summed E-state index contributed by atoms with van der Waals surface area (Å²) in [6, 6.07) is 0.369. The van der Waals surface area contributed by atoms with Crippen LogP contribution in [-0.2, 0) is 4.79 Å². The Morgan fingerprint density at radius 1 is 1.67 bits per heavy atom. The molecule has 1 saturated carbocycles. The molecule has 2 fully saturated rings. The van der Waals surface area contributed by atoms with Gasteiger partial charge in [0, 0.05) is 6.04 Å². The highest BCUT2D eigenvalue weighted by molar-refractivity contribution is 5.84. The fourth-order valence-electron chi connectivity index (χ4n) is 2.61. The highest BCUT2D eigenvalue weighted by Gasteiger charge is 2.67.